The van der Waals surface area contributed by atoms with Crippen LogP contribution in [0.2, 0.25) is 0 Å². The highest BCUT2D eigenvalue weighted by molar-refractivity contribution is 5.39. The molecule has 21 heavy (non-hydrogen) atoms. The van der Waals surface area contributed by atoms with Crippen molar-refractivity contribution in [1.82, 2.24) is 5.32 Å². The summed E-state index contributed by atoms with van der Waals surface area (Å²) in [5, 5.41) is 3.46. The number of nitrogens with one attached hydrogen (secondary N) is 1. The molecule has 2 aromatic carbocycles. The van der Waals surface area contributed by atoms with Gasteiger partial charge >= 0.3 is 0 Å². The van der Waals surface area contributed by atoms with Crippen LogP contribution >= 0.6 is 0 Å². The van der Waals surface area contributed by atoms with Crippen LogP contribution in [0.15, 0.2) is 42.5 Å². The zero-order valence-corrected chi connectivity index (χ0v) is 13.4. The second-order valence-electron chi connectivity index (χ2n) is 5.54. The molecule has 0 amide bonds. The molecule has 2 nitrogen and oxygen atoms in total. The molecule has 2 aromatic rings. The maximum atomic E-state index is 6.09. The summed E-state index contributed by atoms with van der Waals surface area (Å²) in [5.41, 5.74) is 4.99. The third-order valence-electron chi connectivity index (χ3n) is 3.79. The van der Waals surface area contributed by atoms with Gasteiger partial charge in [-0.15, -0.1) is 0 Å². The first-order valence-corrected chi connectivity index (χ1v) is 7.63. The molecule has 0 radical (unpaired) electrons. The number of hydrogen-bond donors (Lipinski definition) is 1. The largest absolute Gasteiger partial charge is 0.489 e. The quantitative estimate of drug-likeness (QED) is 0.839. The van der Waals surface area contributed by atoms with Gasteiger partial charge in [-0.2, -0.15) is 0 Å². The van der Waals surface area contributed by atoms with Gasteiger partial charge in [0.2, 0.25) is 0 Å². The summed E-state index contributed by atoms with van der Waals surface area (Å²) in [4.78, 5) is 0. The standard InChI is InChI=1S/C19H25NO/c1-5-20-16(4)18-12-14(2)10-11-19(18)21-13-17-9-7-6-8-15(17)3/h6-12,16,20H,5,13H2,1-4H3. The van der Waals surface area contributed by atoms with Gasteiger partial charge in [0.1, 0.15) is 12.4 Å². The van der Waals surface area contributed by atoms with E-state index in [4.69, 9.17) is 4.74 Å². The lowest BCUT2D eigenvalue weighted by Crippen LogP contribution is -2.18. The molecule has 0 heterocycles. The fraction of sp³-hybridized carbons (Fsp3) is 0.368. The topological polar surface area (TPSA) is 21.3 Å². The summed E-state index contributed by atoms with van der Waals surface area (Å²) < 4.78 is 6.09. The molecule has 0 aromatic heterocycles. The number of benzene rings is 2. The Kier molecular flexibility index (Phi) is 5.40. The highest BCUT2D eigenvalue weighted by Crippen LogP contribution is 2.27. The van der Waals surface area contributed by atoms with Crippen molar-refractivity contribution in [3.8, 4) is 5.75 Å². The van der Waals surface area contributed by atoms with Gasteiger partial charge in [-0.3, -0.25) is 0 Å². The van der Waals surface area contributed by atoms with Crippen molar-refractivity contribution in [1.29, 1.82) is 0 Å². The lowest BCUT2D eigenvalue weighted by atomic mass is 10.0. The highest BCUT2D eigenvalue weighted by atomic mass is 16.5. The molecule has 0 aliphatic carbocycles. The van der Waals surface area contributed by atoms with E-state index in [0.717, 1.165) is 12.3 Å². The molecule has 0 aliphatic heterocycles. The summed E-state index contributed by atoms with van der Waals surface area (Å²) in [6, 6.07) is 15.0. The van der Waals surface area contributed by atoms with Gasteiger partial charge in [0.15, 0.2) is 0 Å². The van der Waals surface area contributed by atoms with Crippen molar-refractivity contribution >= 4 is 0 Å². The number of hydrogen-bond acceptors (Lipinski definition) is 2. The molecule has 0 fully saturated rings. The summed E-state index contributed by atoms with van der Waals surface area (Å²) in [6.07, 6.45) is 0. The Morgan fingerprint density at radius 1 is 1.10 bits per heavy atom. The lowest BCUT2D eigenvalue weighted by molar-refractivity contribution is 0.299. The first kappa shape index (κ1) is 15.6. The smallest absolute Gasteiger partial charge is 0.124 e. The number of rotatable bonds is 6. The second kappa shape index (κ2) is 7.28. The van der Waals surface area contributed by atoms with E-state index >= 15 is 0 Å². The highest BCUT2D eigenvalue weighted by Gasteiger charge is 2.11. The molecule has 1 N–H and O–H groups in total. The van der Waals surface area contributed by atoms with Gasteiger partial charge in [-0.1, -0.05) is 48.9 Å². The molecule has 0 saturated heterocycles. The molecule has 112 valence electrons. The van der Waals surface area contributed by atoms with Crippen molar-refractivity contribution in [2.75, 3.05) is 6.54 Å². The molecule has 2 heteroatoms. The Hall–Kier alpha value is -1.80. The van der Waals surface area contributed by atoms with E-state index in [-0.39, 0.29) is 0 Å². The Labute approximate surface area is 128 Å². The first-order valence-electron chi connectivity index (χ1n) is 7.63. The fourth-order valence-corrected chi connectivity index (χ4v) is 2.48. The third-order valence-corrected chi connectivity index (χ3v) is 3.79. The average Bonchev–Trinajstić information content (AvgIpc) is 2.47. The average molecular weight is 283 g/mol. The number of ether oxygens (including phenoxy) is 1. The van der Waals surface area contributed by atoms with Crippen LogP contribution in [0, 0.1) is 13.8 Å². The Morgan fingerprint density at radius 3 is 2.57 bits per heavy atom. The van der Waals surface area contributed by atoms with Crippen molar-refractivity contribution in [2.45, 2.75) is 40.3 Å². The third kappa shape index (κ3) is 4.08. The van der Waals surface area contributed by atoms with Gasteiger partial charge in [0.25, 0.3) is 0 Å². The molecule has 0 spiro atoms. The van der Waals surface area contributed by atoms with E-state index in [2.05, 4.69) is 75.5 Å². The minimum absolute atomic E-state index is 0.293. The van der Waals surface area contributed by atoms with Crippen LogP contribution in [0.3, 0.4) is 0 Å². The van der Waals surface area contributed by atoms with Crippen LogP contribution in [-0.4, -0.2) is 6.54 Å². The minimum atomic E-state index is 0.293. The predicted octanol–water partition coefficient (Wildman–Crippen LogP) is 4.55. The molecule has 2 rings (SSSR count). The summed E-state index contributed by atoms with van der Waals surface area (Å²) in [7, 11) is 0. The van der Waals surface area contributed by atoms with Crippen molar-refractivity contribution in [3.63, 3.8) is 0 Å². The second-order valence-corrected chi connectivity index (χ2v) is 5.54. The van der Waals surface area contributed by atoms with Gasteiger partial charge in [-0.05, 0) is 44.5 Å². The summed E-state index contributed by atoms with van der Waals surface area (Å²) in [5.74, 6) is 0.970. The predicted molar refractivity (Wildman–Crippen MR) is 88.8 cm³/mol. The van der Waals surface area contributed by atoms with E-state index in [1.807, 2.05) is 0 Å². The molecule has 1 atom stereocenters. The molecule has 0 bridgehead atoms. The summed E-state index contributed by atoms with van der Waals surface area (Å²) >= 11 is 0. The van der Waals surface area contributed by atoms with Crippen LogP contribution in [0.5, 0.6) is 5.75 Å². The summed E-state index contributed by atoms with van der Waals surface area (Å²) in [6.45, 7) is 10.1. The number of aryl methyl sites for hydroxylation is 2. The van der Waals surface area contributed by atoms with Gasteiger partial charge in [0.05, 0.1) is 0 Å². The maximum Gasteiger partial charge on any atom is 0.124 e. The van der Waals surface area contributed by atoms with E-state index in [9.17, 15) is 0 Å². The molecule has 0 saturated carbocycles. The SMILES string of the molecule is CCNC(C)c1cc(C)ccc1OCc1ccccc1C. The maximum absolute atomic E-state index is 6.09. The van der Waals surface area contributed by atoms with E-state index in [1.54, 1.807) is 0 Å². The van der Waals surface area contributed by atoms with E-state index in [1.165, 1.54) is 22.3 Å². The zero-order valence-electron chi connectivity index (χ0n) is 13.4. The molecular weight excluding hydrogens is 258 g/mol. The van der Waals surface area contributed by atoms with Crippen LogP contribution in [0.1, 0.15) is 42.1 Å². The van der Waals surface area contributed by atoms with Crippen LogP contribution in [0.4, 0.5) is 0 Å². The van der Waals surface area contributed by atoms with Crippen LogP contribution in [0.25, 0.3) is 0 Å². The normalized spacial score (nSPS) is 12.2. The van der Waals surface area contributed by atoms with E-state index in [0.29, 0.717) is 12.6 Å². The van der Waals surface area contributed by atoms with Crippen LogP contribution in [-0.2, 0) is 6.61 Å². The Morgan fingerprint density at radius 2 is 1.86 bits per heavy atom. The van der Waals surface area contributed by atoms with Gasteiger partial charge in [0, 0.05) is 11.6 Å². The van der Waals surface area contributed by atoms with Crippen molar-refractivity contribution in [3.05, 3.63) is 64.7 Å². The Bertz CT molecular complexity index is 592. The molecular formula is C19H25NO. The zero-order chi connectivity index (χ0) is 15.2. The first-order chi connectivity index (χ1) is 10.1. The van der Waals surface area contributed by atoms with E-state index < -0.39 is 0 Å². The fourth-order valence-electron chi connectivity index (χ4n) is 2.48. The van der Waals surface area contributed by atoms with Crippen LogP contribution < -0.4 is 10.1 Å². The van der Waals surface area contributed by atoms with Gasteiger partial charge < -0.3 is 10.1 Å². The monoisotopic (exact) mass is 283 g/mol. The molecule has 1 unspecified atom stereocenters. The Balaban J connectivity index is 2.18. The van der Waals surface area contributed by atoms with Crippen molar-refractivity contribution in [2.24, 2.45) is 0 Å². The van der Waals surface area contributed by atoms with Gasteiger partial charge in [-0.25, -0.2) is 0 Å². The van der Waals surface area contributed by atoms with Crippen molar-refractivity contribution < 1.29 is 4.74 Å². The minimum Gasteiger partial charge on any atom is -0.489 e. The molecule has 0 aliphatic rings. The lowest BCUT2D eigenvalue weighted by Gasteiger charge is -2.19.